The van der Waals surface area contributed by atoms with E-state index in [9.17, 15) is 4.79 Å². The molecule has 0 amide bonds. The highest BCUT2D eigenvalue weighted by atomic mass is 16.5. The number of hydrogen-bond donors (Lipinski definition) is 0. The first-order valence-corrected chi connectivity index (χ1v) is 4.66. The van der Waals surface area contributed by atoms with Gasteiger partial charge >= 0.3 is 5.97 Å². The quantitative estimate of drug-likeness (QED) is 0.709. The molecule has 0 aromatic carbocycles. The van der Waals surface area contributed by atoms with Crippen molar-refractivity contribution >= 4 is 5.97 Å². The molecule has 0 N–H and O–H groups in total. The van der Waals surface area contributed by atoms with Crippen molar-refractivity contribution in [2.45, 2.75) is 19.7 Å². The van der Waals surface area contributed by atoms with Crippen LogP contribution in [0.25, 0.3) is 0 Å². The molecule has 0 radical (unpaired) electrons. The van der Waals surface area contributed by atoms with Crippen LogP contribution in [-0.2, 0) is 23.0 Å². The molecular weight excluding hydrogens is 192 g/mol. The maximum atomic E-state index is 11.9. The van der Waals surface area contributed by atoms with Gasteiger partial charge in [0.2, 0.25) is 0 Å². The Labute approximate surface area is 97.7 Å². The molecule has 0 unspecified atom stereocenters. The fourth-order valence-electron chi connectivity index (χ4n) is 1.35. The van der Waals surface area contributed by atoms with Crippen LogP contribution in [-0.4, -0.2) is 22.1 Å². The Morgan fingerprint density at radius 2 is 2.73 bits per heavy atom. The largest absolute Gasteiger partial charge is 0.465 e. The second-order valence-corrected chi connectivity index (χ2v) is 3.21. The van der Waals surface area contributed by atoms with Crippen LogP contribution in [0.3, 0.4) is 0 Å². The Bertz CT molecular complexity index is 589. The summed E-state index contributed by atoms with van der Waals surface area (Å²) in [4.78, 5) is 15.7. The van der Waals surface area contributed by atoms with Crippen molar-refractivity contribution < 1.29 is 17.8 Å². The van der Waals surface area contributed by atoms with E-state index in [1.165, 1.54) is 24.9 Å². The van der Waals surface area contributed by atoms with Crippen molar-refractivity contribution in [3.05, 3.63) is 18.2 Å². The summed E-state index contributed by atoms with van der Waals surface area (Å²) in [5.74, 6) is -6.35. The number of carbonyl (C=O) groups is 1. The topological polar surface area (TPSA) is 44.1 Å². The smallest absolute Gasteiger partial charge is 0.309 e. The monoisotopic (exact) mass is 214 g/mol. The molecule has 1 fully saturated rings. The molecule has 1 aliphatic rings. The Morgan fingerprint density at radius 1 is 1.93 bits per heavy atom. The second kappa shape index (κ2) is 4.04. The van der Waals surface area contributed by atoms with E-state index in [0.717, 1.165) is 6.20 Å². The molecule has 1 aliphatic heterocycles. The van der Waals surface area contributed by atoms with Gasteiger partial charge in [0.15, 0.2) is 0 Å². The Balaban J connectivity index is 2.73. The predicted octanol–water partition coefficient (Wildman–Crippen LogP) is 1.16. The molecule has 15 heavy (non-hydrogen) atoms. The highest BCUT2D eigenvalue weighted by Crippen LogP contribution is 2.27. The zero-order valence-electron chi connectivity index (χ0n) is 14.6. The molecule has 4 heteroatoms. The van der Waals surface area contributed by atoms with Gasteiger partial charge < -0.3 is 9.30 Å². The third kappa shape index (κ3) is 1.89. The SMILES string of the molecule is [2H]C1([2H])OC(=O)[C@@]([2H])(CC)[C@@]1([2H])C([2H])([2H])c1cncn1C. The van der Waals surface area contributed by atoms with Crippen molar-refractivity contribution in [2.24, 2.45) is 18.8 Å². The van der Waals surface area contributed by atoms with Gasteiger partial charge in [0.05, 0.1) is 21.5 Å². The van der Waals surface area contributed by atoms with Crippen LogP contribution in [0.5, 0.6) is 0 Å². The first-order valence-electron chi connectivity index (χ1n) is 7.66. The van der Waals surface area contributed by atoms with Gasteiger partial charge in [-0.1, -0.05) is 6.92 Å². The standard InChI is InChI=1S/C11H16N2O2/c1-3-10-8(6-15-11(10)14)4-9-5-12-7-13(9)2/h5,7-8,10H,3-4,6H2,1-2H3/t8-,10-/m0/s1/i4D2,6D2,8D,10D. The van der Waals surface area contributed by atoms with Gasteiger partial charge in [-0.3, -0.25) is 4.79 Å². The Morgan fingerprint density at radius 3 is 3.33 bits per heavy atom. The average molecular weight is 214 g/mol. The van der Waals surface area contributed by atoms with Crippen molar-refractivity contribution in [1.82, 2.24) is 9.55 Å². The van der Waals surface area contributed by atoms with Gasteiger partial charge in [0.25, 0.3) is 0 Å². The summed E-state index contributed by atoms with van der Waals surface area (Å²) in [7, 11) is 1.49. The highest BCUT2D eigenvalue weighted by molar-refractivity contribution is 5.74. The summed E-state index contributed by atoms with van der Waals surface area (Å²) in [5.41, 5.74) is -0.0928. The first kappa shape index (κ1) is 5.14. The molecule has 0 aliphatic carbocycles. The van der Waals surface area contributed by atoms with Crippen LogP contribution in [0, 0.1) is 11.8 Å². The number of aryl methyl sites for hydroxylation is 1. The molecule has 0 spiro atoms. The summed E-state index contributed by atoms with van der Waals surface area (Å²) >= 11 is 0. The fraction of sp³-hybridized carbons (Fsp3) is 0.636. The molecule has 1 aromatic heterocycles. The average Bonchev–Trinajstić information content (AvgIpc) is 2.86. The van der Waals surface area contributed by atoms with E-state index in [1.807, 2.05) is 0 Å². The number of nitrogens with zero attached hydrogens (tertiary/aromatic N) is 2. The number of ether oxygens (including phenoxy) is 1. The van der Waals surface area contributed by atoms with Crippen LogP contribution in [0.2, 0.25) is 0 Å². The van der Waals surface area contributed by atoms with E-state index >= 15 is 0 Å². The number of esters is 1. The number of imidazole rings is 1. The summed E-state index contributed by atoms with van der Waals surface area (Å²) in [5, 5.41) is 0. The normalized spacial score (nSPS) is 45.6. The van der Waals surface area contributed by atoms with Crippen molar-refractivity contribution in [3.63, 3.8) is 0 Å². The minimum Gasteiger partial charge on any atom is -0.465 e. The molecule has 2 rings (SSSR count). The van der Waals surface area contributed by atoms with E-state index in [2.05, 4.69) is 9.72 Å². The van der Waals surface area contributed by atoms with E-state index < -0.39 is 30.7 Å². The summed E-state index contributed by atoms with van der Waals surface area (Å²) in [6.45, 7) is -1.51. The van der Waals surface area contributed by atoms with E-state index in [1.54, 1.807) is 0 Å². The van der Waals surface area contributed by atoms with Crippen LogP contribution in [0.4, 0.5) is 0 Å². The van der Waals surface area contributed by atoms with Gasteiger partial charge in [-0.25, -0.2) is 4.98 Å². The highest BCUT2D eigenvalue weighted by Gasteiger charge is 2.35. The number of carbonyl (C=O) groups excluding carboxylic acids is 1. The molecule has 2 atom stereocenters. The molecular formula is C11H16N2O2. The number of hydrogen-bond acceptors (Lipinski definition) is 3. The Hall–Kier alpha value is -1.32. The van der Waals surface area contributed by atoms with Crippen LogP contribution in [0.15, 0.2) is 12.5 Å². The second-order valence-electron chi connectivity index (χ2n) is 3.21. The van der Waals surface area contributed by atoms with Gasteiger partial charge in [0.1, 0.15) is 0 Å². The summed E-state index contributed by atoms with van der Waals surface area (Å²) in [6, 6.07) is 0. The van der Waals surface area contributed by atoms with Crippen molar-refractivity contribution in [3.8, 4) is 0 Å². The first-order chi connectivity index (χ1) is 9.45. The zero-order valence-corrected chi connectivity index (χ0v) is 8.57. The molecule has 4 nitrogen and oxygen atoms in total. The third-order valence-corrected chi connectivity index (χ3v) is 2.22. The number of rotatable bonds is 3. The minimum atomic E-state index is -2.93. The summed E-state index contributed by atoms with van der Waals surface area (Å²) < 4.78 is 54.6. The van der Waals surface area contributed by atoms with E-state index in [0.29, 0.717) is 0 Å². The number of cyclic esters (lactones) is 1. The summed E-state index contributed by atoms with van der Waals surface area (Å²) in [6.07, 6.45) is -0.440. The molecule has 82 valence electrons. The van der Waals surface area contributed by atoms with Crippen LogP contribution >= 0.6 is 0 Å². The number of aromatic nitrogens is 2. The van der Waals surface area contributed by atoms with E-state index in [-0.39, 0.29) is 12.1 Å². The maximum absolute atomic E-state index is 11.9. The fourth-order valence-corrected chi connectivity index (χ4v) is 1.35. The third-order valence-electron chi connectivity index (χ3n) is 2.22. The lowest BCUT2D eigenvalue weighted by molar-refractivity contribution is -0.141. The van der Waals surface area contributed by atoms with Crippen LogP contribution in [0.1, 0.15) is 27.3 Å². The molecule has 0 bridgehead atoms. The van der Waals surface area contributed by atoms with E-state index in [4.69, 9.17) is 8.22 Å². The maximum Gasteiger partial charge on any atom is 0.309 e. The molecule has 2 heterocycles. The molecule has 1 saturated heterocycles. The van der Waals surface area contributed by atoms with Gasteiger partial charge in [-0.15, -0.1) is 0 Å². The van der Waals surface area contributed by atoms with Gasteiger partial charge in [-0.05, 0) is 12.8 Å². The van der Waals surface area contributed by atoms with Crippen molar-refractivity contribution in [2.75, 3.05) is 6.56 Å². The van der Waals surface area contributed by atoms with Crippen LogP contribution < -0.4 is 0 Å². The lowest BCUT2D eigenvalue weighted by atomic mass is 9.89. The molecule has 1 aromatic rings. The lowest BCUT2D eigenvalue weighted by Gasteiger charge is -2.12. The van der Waals surface area contributed by atoms with Crippen molar-refractivity contribution in [1.29, 1.82) is 0 Å². The molecule has 0 saturated carbocycles. The van der Waals surface area contributed by atoms with Gasteiger partial charge in [-0.2, -0.15) is 0 Å². The minimum absolute atomic E-state index is 0.0928. The lowest BCUT2D eigenvalue weighted by Crippen LogP contribution is -2.18. The zero-order chi connectivity index (χ0) is 16.3. The van der Waals surface area contributed by atoms with Gasteiger partial charge in [0, 0.05) is 30.3 Å². The Kier molecular flexibility index (Phi) is 1.39. The predicted molar refractivity (Wildman–Crippen MR) is 55.1 cm³/mol.